The summed E-state index contributed by atoms with van der Waals surface area (Å²) in [5.74, 6) is -2.47. The summed E-state index contributed by atoms with van der Waals surface area (Å²) in [6, 6.07) is 2.31. The van der Waals surface area contributed by atoms with Crippen LogP contribution < -0.4 is 10.1 Å². The molecule has 0 saturated carbocycles. The number of ether oxygens (including phenoxy) is 1. The summed E-state index contributed by atoms with van der Waals surface area (Å²) >= 11 is 0. The van der Waals surface area contributed by atoms with E-state index in [2.05, 4.69) is 5.32 Å². The minimum Gasteiger partial charge on any atom is -0.481 e. The van der Waals surface area contributed by atoms with Crippen LogP contribution in [0.3, 0.4) is 0 Å². The van der Waals surface area contributed by atoms with Gasteiger partial charge in [-0.05, 0) is 18.6 Å². The van der Waals surface area contributed by atoms with Crippen LogP contribution in [0.5, 0.6) is 5.75 Å². The van der Waals surface area contributed by atoms with Gasteiger partial charge in [0.05, 0.1) is 11.5 Å². The molecule has 1 aliphatic rings. The number of benzene rings is 1. The molecule has 1 atom stereocenters. The Morgan fingerprint density at radius 1 is 1.40 bits per heavy atom. The Morgan fingerprint density at radius 3 is 2.75 bits per heavy atom. The molecule has 1 heterocycles. The fourth-order valence-electron chi connectivity index (χ4n) is 1.91. The van der Waals surface area contributed by atoms with Crippen LogP contribution in [0, 0.1) is 11.6 Å². The Hall–Kier alpha value is -1.70. The van der Waals surface area contributed by atoms with Crippen LogP contribution in [0.2, 0.25) is 0 Å². The molecule has 1 aromatic carbocycles. The van der Waals surface area contributed by atoms with E-state index in [1.165, 1.54) is 0 Å². The molecule has 0 radical (unpaired) electrons. The van der Waals surface area contributed by atoms with E-state index in [1.807, 2.05) is 0 Å². The number of hydrogen-bond acceptors (Lipinski definition) is 4. The zero-order chi connectivity index (χ0) is 14.8. The molecule has 1 fully saturated rings. The predicted molar refractivity (Wildman–Crippen MR) is 67.1 cm³/mol. The highest BCUT2D eigenvalue weighted by atomic mass is 32.2. The Balaban J connectivity index is 1.84. The van der Waals surface area contributed by atoms with E-state index in [0.29, 0.717) is 12.5 Å². The second-order valence-corrected chi connectivity index (χ2v) is 6.76. The topological polar surface area (TPSA) is 72.5 Å². The van der Waals surface area contributed by atoms with Gasteiger partial charge in [-0.25, -0.2) is 17.2 Å². The van der Waals surface area contributed by atoms with Gasteiger partial charge in [0.2, 0.25) is 0 Å². The van der Waals surface area contributed by atoms with Crippen LogP contribution in [0.15, 0.2) is 18.2 Å². The standard InChI is InChI=1S/C12H13F2NO4S/c13-8-1-2-11(10(14)5-8)19-6-12(16)15-9-3-4-20(17,18)7-9/h1-2,5,9H,3-4,6-7H2,(H,15,16)/t9-/m0/s1. The SMILES string of the molecule is O=C(COc1ccc(F)cc1F)N[C@H]1CCS(=O)(=O)C1. The average molecular weight is 305 g/mol. The van der Waals surface area contributed by atoms with Gasteiger partial charge >= 0.3 is 0 Å². The number of carbonyl (C=O) groups excluding carboxylic acids is 1. The first-order valence-corrected chi connectivity index (χ1v) is 7.75. The zero-order valence-corrected chi connectivity index (χ0v) is 11.3. The second-order valence-electron chi connectivity index (χ2n) is 4.53. The molecule has 0 spiro atoms. The van der Waals surface area contributed by atoms with E-state index < -0.39 is 40.0 Å². The summed E-state index contributed by atoms with van der Waals surface area (Å²) in [6.45, 7) is -0.459. The number of rotatable bonds is 4. The molecule has 1 aromatic rings. The molecule has 8 heteroatoms. The van der Waals surface area contributed by atoms with Gasteiger partial charge in [0.25, 0.3) is 5.91 Å². The normalized spacial score (nSPS) is 20.6. The van der Waals surface area contributed by atoms with Crippen molar-refractivity contribution in [3.63, 3.8) is 0 Å². The Labute approximate surface area is 114 Å². The molecule has 0 bridgehead atoms. The number of hydrogen-bond donors (Lipinski definition) is 1. The van der Waals surface area contributed by atoms with Crippen molar-refractivity contribution in [1.82, 2.24) is 5.32 Å². The molecule has 0 unspecified atom stereocenters. The molecule has 1 amide bonds. The van der Waals surface area contributed by atoms with Crippen LogP contribution in [0.25, 0.3) is 0 Å². The number of sulfone groups is 1. The fourth-order valence-corrected chi connectivity index (χ4v) is 3.59. The van der Waals surface area contributed by atoms with Crippen LogP contribution in [-0.2, 0) is 14.6 Å². The second kappa shape index (κ2) is 5.74. The Kier molecular flexibility index (Phi) is 4.22. The van der Waals surface area contributed by atoms with Gasteiger partial charge < -0.3 is 10.1 Å². The number of amides is 1. The van der Waals surface area contributed by atoms with Gasteiger partial charge in [0, 0.05) is 12.1 Å². The van der Waals surface area contributed by atoms with Crippen molar-refractivity contribution < 1.29 is 26.7 Å². The van der Waals surface area contributed by atoms with E-state index in [9.17, 15) is 22.0 Å². The highest BCUT2D eigenvalue weighted by Gasteiger charge is 2.28. The highest BCUT2D eigenvalue weighted by Crippen LogP contribution is 2.17. The van der Waals surface area contributed by atoms with Gasteiger partial charge in [0.1, 0.15) is 5.82 Å². The smallest absolute Gasteiger partial charge is 0.258 e. The summed E-state index contributed by atoms with van der Waals surface area (Å²) in [6.07, 6.45) is 0.360. The van der Waals surface area contributed by atoms with Crippen molar-refractivity contribution in [3.8, 4) is 5.75 Å². The molecular formula is C12H13F2NO4S. The Bertz CT molecular complexity index is 618. The summed E-state index contributed by atoms with van der Waals surface area (Å²) in [4.78, 5) is 11.5. The van der Waals surface area contributed by atoms with Gasteiger partial charge in [-0.1, -0.05) is 0 Å². The maximum Gasteiger partial charge on any atom is 0.258 e. The van der Waals surface area contributed by atoms with E-state index in [0.717, 1.165) is 12.1 Å². The van der Waals surface area contributed by atoms with Gasteiger partial charge in [-0.2, -0.15) is 0 Å². The number of halogens is 2. The summed E-state index contributed by atoms with van der Waals surface area (Å²) < 4.78 is 53.2. The molecule has 1 N–H and O–H groups in total. The third-order valence-electron chi connectivity index (χ3n) is 2.85. The lowest BCUT2D eigenvalue weighted by Crippen LogP contribution is -2.38. The maximum absolute atomic E-state index is 13.2. The van der Waals surface area contributed by atoms with Crippen LogP contribution >= 0.6 is 0 Å². The van der Waals surface area contributed by atoms with Crippen LogP contribution in [-0.4, -0.2) is 38.5 Å². The molecule has 110 valence electrons. The van der Waals surface area contributed by atoms with Crippen molar-refractivity contribution in [2.45, 2.75) is 12.5 Å². The van der Waals surface area contributed by atoms with Crippen LogP contribution in [0.1, 0.15) is 6.42 Å². The average Bonchev–Trinajstić information content (AvgIpc) is 2.67. The molecule has 0 aromatic heterocycles. The van der Waals surface area contributed by atoms with Crippen molar-refractivity contribution in [2.24, 2.45) is 0 Å². The van der Waals surface area contributed by atoms with E-state index in [1.54, 1.807) is 0 Å². The molecule has 0 aliphatic carbocycles. The van der Waals surface area contributed by atoms with E-state index in [-0.39, 0.29) is 17.3 Å². The van der Waals surface area contributed by atoms with Crippen molar-refractivity contribution in [3.05, 3.63) is 29.8 Å². The third kappa shape index (κ3) is 3.89. The molecular weight excluding hydrogens is 292 g/mol. The first-order valence-electron chi connectivity index (χ1n) is 5.93. The van der Waals surface area contributed by atoms with Crippen LogP contribution in [0.4, 0.5) is 8.78 Å². The molecule has 1 saturated heterocycles. The predicted octanol–water partition coefficient (Wildman–Crippen LogP) is 0.647. The van der Waals surface area contributed by atoms with Gasteiger partial charge in [-0.15, -0.1) is 0 Å². The van der Waals surface area contributed by atoms with E-state index >= 15 is 0 Å². The third-order valence-corrected chi connectivity index (χ3v) is 4.62. The lowest BCUT2D eigenvalue weighted by Gasteiger charge is -2.11. The summed E-state index contributed by atoms with van der Waals surface area (Å²) in [7, 11) is -3.08. The lowest BCUT2D eigenvalue weighted by molar-refractivity contribution is -0.123. The van der Waals surface area contributed by atoms with Crippen molar-refractivity contribution >= 4 is 15.7 Å². The first kappa shape index (κ1) is 14.7. The van der Waals surface area contributed by atoms with Crippen molar-refractivity contribution in [1.29, 1.82) is 0 Å². The van der Waals surface area contributed by atoms with Gasteiger partial charge in [-0.3, -0.25) is 4.79 Å². The highest BCUT2D eigenvalue weighted by molar-refractivity contribution is 7.91. The van der Waals surface area contributed by atoms with E-state index in [4.69, 9.17) is 4.74 Å². The maximum atomic E-state index is 13.2. The molecule has 5 nitrogen and oxygen atoms in total. The molecule has 2 rings (SSSR count). The van der Waals surface area contributed by atoms with Crippen molar-refractivity contribution in [2.75, 3.05) is 18.1 Å². The number of carbonyl (C=O) groups is 1. The summed E-state index contributed by atoms with van der Waals surface area (Å²) in [5, 5.41) is 2.50. The molecule has 1 aliphatic heterocycles. The molecule has 20 heavy (non-hydrogen) atoms. The largest absolute Gasteiger partial charge is 0.481 e. The zero-order valence-electron chi connectivity index (χ0n) is 10.4. The summed E-state index contributed by atoms with van der Waals surface area (Å²) in [5.41, 5.74) is 0. The fraction of sp³-hybridized carbons (Fsp3) is 0.417. The number of nitrogens with one attached hydrogen (secondary N) is 1. The minimum absolute atomic E-state index is 0.0470. The lowest BCUT2D eigenvalue weighted by atomic mass is 10.2. The quantitative estimate of drug-likeness (QED) is 0.886. The Morgan fingerprint density at radius 2 is 2.15 bits per heavy atom. The first-order chi connectivity index (χ1) is 9.35. The van der Waals surface area contributed by atoms with Gasteiger partial charge in [0.15, 0.2) is 28.0 Å². The monoisotopic (exact) mass is 305 g/mol. The minimum atomic E-state index is -3.08.